The van der Waals surface area contributed by atoms with Crippen molar-refractivity contribution < 1.29 is 9.90 Å². The zero-order valence-corrected chi connectivity index (χ0v) is 20.5. The predicted octanol–water partition coefficient (Wildman–Crippen LogP) is 4.88. The third kappa shape index (κ3) is 20.6. The number of unbranched alkanes of at least 4 members (excludes halogenated alkanes) is 6. The molecule has 0 aliphatic heterocycles. The summed E-state index contributed by atoms with van der Waals surface area (Å²) in [4.78, 5) is 14.5. The van der Waals surface area contributed by atoms with Crippen LogP contribution in [-0.4, -0.2) is 61.3 Å². The highest BCUT2D eigenvalue weighted by Gasteiger charge is 2.08. The number of hydrogen-bond donors (Lipinski definition) is 3. The molecule has 0 radical (unpaired) electrons. The molecule has 0 spiro atoms. The molecule has 0 aliphatic carbocycles. The summed E-state index contributed by atoms with van der Waals surface area (Å²) in [5.41, 5.74) is 0. The number of nitrogens with zero attached hydrogens (tertiary/aromatic N) is 1. The highest BCUT2D eigenvalue weighted by atomic mass is 16.3. The minimum absolute atomic E-state index is 0.0718. The Hall–Kier alpha value is -0.650. The standard InChI is InChI=1S/C25H53N3O2/c1-4-7-10-11-12-15-24(29)16-17-25(30)27-20-13-18-26-19-14-23-28(21-8-5-2)22-9-6-3/h24,26,29H,4-23H2,1-3H3,(H,27,30). The van der Waals surface area contributed by atoms with E-state index in [1.54, 1.807) is 0 Å². The first kappa shape index (κ1) is 29.4. The summed E-state index contributed by atoms with van der Waals surface area (Å²) in [6, 6.07) is 0. The van der Waals surface area contributed by atoms with E-state index in [9.17, 15) is 9.90 Å². The molecule has 1 amide bonds. The first-order chi connectivity index (χ1) is 14.6. The monoisotopic (exact) mass is 427 g/mol. The Labute approximate surface area is 187 Å². The molecule has 0 rings (SSSR count). The first-order valence-corrected chi connectivity index (χ1v) is 13.0. The molecule has 0 heterocycles. The van der Waals surface area contributed by atoms with Gasteiger partial charge in [-0.1, -0.05) is 65.7 Å². The van der Waals surface area contributed by atoms with Crippen molar-refractivity contribution >= 4 is 5.91 Å². The van der Waals surface area contributed by atoms with Crippen LogP contribution in [0.2, 0.25) is 0 Å². The van der Waals surface area contributed by atoms with Gasteiger partial charge >= 0.3 is 0 Å². The van der Waals surface area contributed by atoms with E-state index in [1.165, 1.54) is 77.4 Å². The Bertz CT molecular complexity index is 358. The van der Waals surface area contributed by atoms with Crippen LogP contribution in [0.4, 0.5) is 0 Å². The molecule has 5 nitrogen and oxygen atoms in total. The fourth-order valence-corrected chi connectivity index (χ4v) is 3.61. The third-order valence-electron chi connectivity index (χ3n) is 5.68. The highest BCUT2D eigenvalue weighted by molar-refractivity contribution is 5.75. The molecule has 0 fully saturated rings. The van der Waals surface area contributed by atoms with Crippen molar-refractivity contribution in [1.82, 2.24) is 15.5 Å². The number of carbonyl (C=O) groups is 1. The fraction of sp³-hybridized carbons (Fsp3) is 0.960. The van der Waals surface area contributed by atoms with Crippen molar-refractivity contribution in [2.45, 2.75) is 117 Å². The Morgan fingerprint density at radius 3 is 2.00 bits per heavy atom. The predicted molar refractivity (Wildman–Crippen MR) is 130 cm³/mol. The van der Waals surface area contributed by atoms with E-state index < -0.39 is 0 Å². The minimum atomic E-state index is -0.326. The summed E-state index contributed by atoms with van der Waals surface area (Å²) in [5, 5.41) is 16.5. The van der Waals surface area contributed by atoms with E-state index in [-0.39, 0.29) is 12.0 Å². The smallest absolute Gasteiger partial charge is 0.220 e. The summed E-state index contributed by atoms with van der Waals surface area (Å²) >= 11 is 0. The van der Waals surface area contributed by atoms with Gasteiger partial charge in [0.25, 0.3) is 0 Å². The minimum Gasteiger partial charge on any atom is -0.393 e. The lowest BCUT2D eigenvalue weighted by atomic mass is 10.0. The quantitative estimate of drug-likeness (QED) is 0.203. The SMILES string of the molecule is CCCCCCCC(O)CCC(=O)NCCCNCCCN(CCCC)CCCC. The molecule has 0 aromatic rings. The van der Waals surface area contributed by atoms with Gasteiger partial charge in [-0.3, -0.25) is 4.79 Å². The molecule has 180 valence electrons. The van der Waals surface area contributed by atoms with Gasteiger partial charge in [-0.25, -0.2) is 0 Å². The second-order valence-corrected chi connectivity index (χ2v) is 8.75. The summed E-state index contributed by atoms with van der Waals surface area (Å²) in [5.74, 6) is 0.0718. The van der Waals surface area contributed by atoms with E-state index in [0.717, 1.165) is 38.9 Å². The lowest BCUT2D eigenvalue weighted by molar-refractivity contribution is -0.121. The van der Waals surface area contributed by atoms with Crippen LogP contribution in [0.15, 0.2) is 0 Å². The maximum atomic E-state index is 11.9. The second-order valence-electron chi connectivity index (χ2n) is 8.75. The second kappa shape index (κ2) is 23.0. The van der Waals surface area contributed by atoms with E-state index in [2.05, 4.69) is 36.3 Å². The molecule has 0 aliphatic rings. The van der Waals surface area contributed by atoms with Crippen molar-refractivity contribution in [1.29, 1.82) is 0 Å². The van der Waals surface area contributed by atoms with Crippen molar-refractivity contribution in [2.24, 2.45) is 0 Å². The van der Waals surface area contributed by atoms with Gasteiger partial charge in [-0.15, -0.1) is 0 Å². The molecular weight excluding hydrogens is 374 g/mol. The Balaban J connectivity index is 3.52. The third-order valence-corrected chi connectivity index (χ3v) is 5.68. The topological polar surface area (TPSA) is 64.6 Å². The van der Waals surface area contributed by atoms with Gasteiger partial charge in [0.15, 0.2) is 0 Å². The Morgan fingerprint density at radius 2 is 1.33 bits per heavy atom. The summed E-state index contributed by atoms with van der Waals surface area (Å²) in [7, 11) is 0. The van der Waals surface area contributed by atoms with Crippen LogP contribution in [0.5, 0.6) is 0 Å². The van der Waals surface area contributed by atoms with Crippen LogP contribution in [0.25, 0.3) is 0 Å². The average molecular weight is 428 g/mol. The number of aliphatic hydroxyl groups excluding tert-OH is 1. The van der Waals surface area contributed by atoms with Crippen LogP contribution in [0.1, 0.15) is 111 Å². The van der Waals surface area contributed by atoms with E-state index in [1.807, 2.05) is 0 Å². The van der Waals surface area contributed by atoms with Crippen LogP contribution in [-0.2, 0) is 4.79 Å². The van der Waals surface area contributed by atoms with Crippen LogP contribution in [0, 0.1) is 0 Å². The summed E-state index contributed by atoms with van der Waals surface area (Å²) < 4.78 is 0. The van der Waals surface area contributed by atoms with E-state index in [4.69, 9.17) is 0 Å². The highest BCUT2D eigenvalue weighted by Crippen LogP contribution is 2.10. The lowest BCUT2D eigenvalue weighted by Gasteiger charge is -2.21. The number of nitrogens with one attached hydrogen (secondary N) is 2. The lowest BCUT2D eigenvalue weighted by Crippen LogP contribution is -2.31. The summed E-state index contributed by atoms with van der Waals surface area (Å²) in [6.07, 6.45) is 14.9. The van der Waals surface area contributed by atoms with Gasteiger partial charge in [-0.2, -0.15) is 0 Å². The van der Waals surface area contributed by atoms with E-state index in [0.29, 0.717) is 12.8 Å². The van der Waals surface area contributed by atoms with Gasteiger partial charge in [-0.05, 0) is 71.2 Å². The molecular formula is C25H53N3O2. The Kier molecular flexibility index (Phi) is 22.5. The molecule has 0 aromatic carbocycles. The number of rotatable bonds is 23. The molecule has 1 atom stereocenters. The molecule has 0 saturated heterocycles. The zero-order valence-electron chi connectivity index (χ0n) is 20.5. The van der Waals surface area contributed by atoms with Gasteiger partial charge in [0.2, 0.25) is 5.91 Å². The largest absolute Gasteiger partial charge is 0.393 e. The first-order valence-electron chi connectivity index (χ1n) is 13.0. The molecule has 1 unspecified atom stereocenters. The maximum absolute atomic E-state index is 11.9. The molecule has 0 aromatic heterocycles. The van der Waals surface area contributed by atoms with Gasteiger partial charge in [0.05, 0.1) is 6.10 Å². The fourth-order valence-electron chi connectivity index (χ4n) is 3.61. The average Bonchev–Trinajstić information content (AvgIpc) is 2.75. The normalized spacial score (nSPS) is 12.4. The van der Waals surface area contributed by atoms with Gasteiger partial charge in [0.1, 0.15) is 0 Å². The molecule has 3 N–H and O–H groups in total. The molecule has 0 saturated carbocycles. The van der Waals surface area contributed by atoms with Crippen LogP contribution < -0.4 is 10.6 Å². The molecule has 0 bridgehead atoms. The number of hydrogen-bond acceptors (Lipinski definition) is 4. The van der Waals surface area contributed by atoms with Crippen molar-refractivity contribution in [3.05, 3.63) is 0 Å². The van der Waals surface area contributed by atoms with Gasteiger partial charge < -0.3 is 20.6 Å². The van der Waals surface area contributed by atoms with Crippen LogP contribution >= 0.6 is 0 Å². The Morgan fingerprint density at radius 1 is 0.733 bits per heavy atom. The number of aliphatic hydroxyl groups is 1. The molecule has 30 heavy (non-hydrogen) atoms. The van der Waals surface area contributed by atoms with Crippen LogP contribution in [0.3, 0.4) is 0 Å². The molecule has 5 heteroatoms. The van der Waals surface area contributed by atoms with Crippen molar-refractivity contribution in [3.8, 4) is 0 Å². The van der Waals surface area contributed by atoms with E-state index >= 15 is 0 Å². The van der Waals surface area contributed by atoms with Crippen molar-refractivity contribution in [2.75, 3.05) is 39.3 Å². The van der Waals surface area contributed by atoms with Crippen molar-refractivity contribution in [3.63, 3.8) is 0 Å². The van der Waals surface area contributed by atoms with Gasteiger partial charge in [0, 0.05) is 13.0 Å². The summed E-state index contributed by atoms with van der Waals surface area (Å²) in [6.45, 7) is 13.1. The number of carbonyl (C=O) groups excluding carboxylic acids is 1. The number of amides is 1. The maximum Gasteiger partial charge on any atom is 0.220 e. The zero-order chi connectivity index (χ0) is 22.3.